The Morgan fingerprint density at radius 1 is 1.50 bits per heavy atom. The Morgan fingerprint density at radius 3 is 2.81 bits per heavy atom. The number of likely N-dealkylation sites (N-methyl/N-ethyl adjacent to an activating group) is 1. The van der Waals surface area contributed by atoms with Crippen molar-refractivity contribution in [1.29, 1.82) is 0 Å². The van der Waals surface area contributed by atoms with Crippen molar-refractivity contribution in [3.8, 4) is 0 Å². The van der Waals surface area contributed by atoms with Crippen molar-refractivity contribution < 1.29 is 9.84 Å². The lowest BCUT2D eigenvalue weighted by Gasteiger charge is -2.22. The molecule has 0 aliphatic carbocycles. The standard InChI is InChI=1S/C11H19N3O2/c1-8-5-12-9(2)11(13-8)14(3)6-10(15)7-16-4/h5,10,15H,6-7H2,1-4H3. The maximum absolute atomic E-state index is 9.63. The number of nitrogens with zero attached hydrogens (tertiary/aromatic N) is 3. The van der Waals surface area contributed by atoms with Crippen LogP contribution in [0.25, 0.3) is 0 Å². The van der Waals surface area contributed by atoms with Crippen LogP contribution >= 0.6 is 0 Å². The maximum Gasteiger partial charge on any atom is 0.150 e. The van der Waals surface area contributed by atoms with E-state index < -0.39 is 6.10 Å². The van der Waals surface area contributed by atoms with Crippen LogP contribution in [0.5, 0.6) is 0 Å². The minimum absolute atomic E-state index is 0.322. The predicted octanol–water partition coefficient (Wildman–Crippen LogP) is 0.537. The number of hydrogen-bond donors (Lipinski definition) is 1. The lowest BCUT2D eigenvalue weighted by Crippen LogP contribution is -2.33. The molecule has 0 saturated heterocycles. The molecule has 1 rings (SSSR count). The molecule has 1 heterocycles. The molecule has 0 aliphatic heterocycles. The van der Waals surface area contributed by atoms with E-state index in [2.05, 4.69) is 9.97 Å². The number of hydrogen-bond acceptors (Lipinski definition) is 5. The molecule has 1 atom stereocenters. The smallest absolute Gasteiger partial charge is 0.150 e. The first kappa shape index (κ1) is 12.9. The third-order valence-corrected chi connectivity index (χ3v) is 2.26. The average Bonchev–Trinajstić information content (AvgIpc) is 2.21. The molecule has 5 heteroatoms. The van der Waals surface area contributed by atoms with Gasteiger partial charge >= 0.3 is 0 Å². The Balaban J connectivity index is 2.72. The minimum Gasteiger partial charge on any atom is -0.389 e. The summed E-state index contributed by atoms with van der Waals surface area (Å²) in [5.74, 6) is 0.801. The lowest BCUT2D eigenvalue weighted by molar-refractivity contribution is 0.0694. The Bertz CT molecular complexity index is 344. The molecular weight excluding hydrogens is 206 g/mol. The van der Waals surface area contributed by atoms with E-state index in [4.69, 9.17) is 4.74 Å². The normalized spacial score (nSPS) is 12.6. The number of aliphatic hydroxyl groups excluding tert-OH is 1. The Kier molecular flexibility index (Phi) is 4.64. The van der Waals surface area contributed by atoms with Gasteiger partial charge in [-0.2, -0.15) is 0 Å². The van der Waals surface area contributed by atoms with E-state index in [0.29, 0.717) is 13.2 Å². The van der Waals surface area contributed by atoms with Gasteiger partial charge in [-0.25, -0.2) is 4.98 Å². The summed E-state index contributed by atoms with van der Waals surface area (Å²) in [5, 5.41) is 9.63. The highest BCUT2D eigenvalue weighted by Gasteiger charge is 2.12. The Hall–Kier alpha value is -1.20. The molecule has 1 aromatic heterocycles. The van der Waals surface area contributed by atoms with E-state index in [1.807, 2.05) is 25.8 Å². The molecule has 0 radical (unpaired) electrons. The Labute approximate surface area is 96.1 Å². The second-order valence-electron chi connectivity index (χ2n) is 3.91. The molecule has 0 bridgehead atoms. The molecule has 16 heavy (non-hydrogen) atoms. The first-order valence-electron chi connectivity index (χ1n) is 5.23. The average molecular weight is 225 g/mol. The largest absolute Gasteiger partial charge is 0.389 e. The summed E-state index contributed by atoms with van der Waals surface area (Å²) in [4.78, 5) is 10.5. The van der Waals surface area contributed by atoms with Crippen LogP contribution in [0.3, 0.4) is 0 Å². The van der Waals surface area contributed by atoms with Crippen LogP contribution in [0, 0.1) is 13.8 Å². The fourth-order valence-electron chi connectivity index (χ4n) is 1.53. The zero-order valence-corrected chi connectivity index (χ0v) is 10.3. The van der Waals surface area contributed by atoms with E-state index >= 15 is 0 Å². The van der Waals surface area contributed by atoms with Crippen molar-refractivity contribution in [2.24, 2.45) is 0 Å². The first-order valence-corrected chi connectivity index (χ1v) is 5.23. The monoisotopic (exact) mass is 225 g/mol. The van der Waals surface area contributed by atoms with E-state index in [1.165, 1.54) is 0 Å². The fraction of sp³-hybridized carbons (Fsp3) is 0.636. The highest BCUT2D eigenvalue weighted by atomic mass is 16.5. The van der Waals surface area contributed by atoms with Crippen molar-refractivity contribution in [1.82, 2.24) is 9.97 Å². The van der Waals surface area contributed by atoms with Gasteiger partial charge in [0.2, 0.25) is 0 Å². The molecule has 1 aromatic rings. The number of aromatic nitrogens is 2. The van der Waals surface area contributed by atoms with E-state index in [0.717, 1.165) is 17.2 Å². The van der Waals surface area contributed by atoms with Crippen molar-refractivity contribution in [3.63, 3.8) is 0 Å². The zero-order valence-electron chi connectivity index (χ0n) is 10.3. The summed E-state index contributed by atoms with van der Waals surface area (Å²) in [6, 6.07) is 0. The SMILES string of the molecule is COCC(O)CN(C)c1nc(C)cnc1C. The van der Waals surface area contributed by atoms with Gasteiger partial charge in [0.15, 0.2) is 0 Å². The van der Waals surface area contributed by atoms with Crippen LogP contribution in [-0.4, -0.2) is 48.5 Å². The van der Waals surface area contributed by atoms with Crippen LogP contribution in [0.1, 0.15) is 11.4 Å². The van der Waals surface area contributed by atoms with Gasteiger partial charge in [0.05, 0.1) is 24.1 Å². The molecule has 0 spiro atoms. The highest BCUT2D eigenvalue weighted by Crippen LogP contribution is 2.13. The van der Waals surface area contributed by atoms with Gasteiger partial charge in [-0.05, 0) is 13.8 Å². The Morgan fingerprint density at radius 2 is 2.19 bits per heavy atom. The third kappa shape index (κ3) is 3.43. The highest BCUT2D eigenvalue weighted by molar-refractivity contribution is 5.42. The quantitative estimate of drug-likeness (QED) is 0.792. The van der Waals surface area contributed by atoms with Gasteiger partial charge in [0, 0.05) is 26.9 Å². The molecule has 0 saturated carbocycles. The van der Waals surface area contributed by atoms with Gasteiger partial charge in [0.1, 0.15) is 5.82 Å². The number of rotatable bonds is 5. The summed E-state index contributed by atoms with van der Waals surface area (Å²) in [5.41, 5.74) is 1.73. The summed E-state index contributed by atoms with van der Waals surface area (Å²) < 4.78 is 4.88. The number of anilines is 1. The molecule has 0 aliphatic rings. The molecule has 1 unspecified atom stereocenters. The molecule has 90 valence electrons. The van der Waals surface area contributed by atoms with E-state index in [9.17, 15) is 5.11 Å². The van der Waals surface area contributed by atoms with Gasteiger partial charge in [-0.1, -0.05) is 0 Å². The van der Waals surface area contributed by atoms with Gasteiger partial charge < -0.3 is 14.7 Å². The molecule has 0 amide bonds. The van der Waals surface area contributed by atoms with Gasteiger partial charge in [-0.3, -0.25) is 4.98 Å². The van der Waals surface area contributed by atoms with Crippen molar-refractivity contribution in [2.45, 2.75) is 20.0 Å². The zero-order chi connectivity index (χ0) is 12.1. The minimum atomic E-state index is -0.517. The number of aliphatic hydroxyl groups is 1. The molecule has 1 N–H and O–H groups in total. The summed E-state index contributed by atoms with van der Waals surface area (Å²) in [6.07, 6.45) is 1.22. The van der Waals surface area contributed by atoms with Crippen LogP contribution in [0.15, 0.2) is 6.20 Å². The molecule has 0 fully saturated rings. The molecule has 0 aromatic carbocycles. The number of methoxy groups -OCH3 is 1. The summed E-state index contributed by atoms with van der Waals surface area (Å²) in [6.45, 7) is 4.60. The summed E-state index contributed by atoms with van der Waals surface area (Å²) >= 11 is 0. The van der Waals surface area contributed by atoms with Crippen LogP contribution in [0.2, 0.25) is 0 Å². The van der Waals surface area contributed by atoms with Crippen molar-refractivity contribution >= 4 is 5.82 Å². The predicted molar refractivity (Wildman–Crippen MR) is 62.7 cm³/mol. The summed E-state index contributed by atoms with van der Waals surface area (Å²) in [7, 11) is 3.45. The van der Waals surface area contributed by atoms with Crippen LogP contribution in [-0.2, 0) is 4.74 Å². The van der Waals surface area contributed by atoms with Gasteiger partial charge in [-0.15, -0.1) is 0 Å². The maximum atomic E-state index is 9.63. The molecule has 5 nitrogen and oxygen atoms in total. The number of ether oxygens (including phenoxy) is 1. The molecular formula is C11H19N3O2. The first-order chi connectivity index (χ1) is 7.54. The van der Waals surface area contributed by atoms with Gasteiger partial charge in [0.25, 0.3) is 0 Å². The second-order valence-corrected chi connectivity index (χ2v) is 3.91. The lowest BCUT2D eigenvalue weighted by atomic mass is 10.3. The second kappa shape index (κ2) is 5.77. The third-order valence-electron chi connectivity index (χ3n) is 2.26. The van der Waals surface area contributed by atoms with E-state index in [1.54, 1.807) is 13.3 Å². The van der Waals surface area contributed by atoms with E-state index in [-0.39, 0.29) is 0 Å². The fourth-order valence-corrected chi connectivity index (χ4v) is 1.53. The topological polar surface area (TPSA) is 58.5 Å². The van der Waals surface area contributed by atoms with Crippen molar-refractivity contribution in [3.05, 3.63) is 17.6 Å². The van der Waals surface area contributed by atoms with Crippen molar-refractivity contribution in [2.75, 3.05) is 32.2 Å². The van der Waals surface area contributed by atoms with Crippen LogP contribution in [0.4, 0.5) is 5.82 Å². The van der Waals surface area contributed by atoms with Crippen LogP contribution < -0.4 is 4.90 Å². The number of aryl methyl sites for hydroxylation is 2.